The summed E-state index contributed by atoms with van der Waals surface area (Å²) in [5.41, 5.74) is 2.40. The molecule has 1 saturated heterocycles. The van der Waals surface area contributed by atoms with E-state index in [1.54, 1.807) is 7.11 Å². The molecule has 1 aromatic carbocycles. The van der Waals surface area contributed by atoms with Gasteiger partial charge in [-0.05, 0) is 43.2 Å². The number of ether oxygens (including phenoxy) is 1. The first kappa shape index (κ1) is 12.6. The second-order valence-electron chi connectivity index (χ2n) is 4.67. The highest BCUT2D eigenvalue weighted by Crippen LogP contribution is 2.31. The third-order valence-corrected chi connectivity index (χ3v) is 4.68. The lowest BCUT2D eigenvalue weighted by atomic mass is 10.1. The van der Waals surface area contributed by atoms with Crippen molar-refractivity contribution < 1.29 is 4.74 Å². The number of hydrogen-bond acceptors (Lipinski definition) is 3. The SMILES string of the molecule is COc1ccc(C)cc1NC1CCCSC1C. The molecule has 2 rings (SSSR count). The quantitative estimate of drug-likeness (QED) is 0.885. The molecule has 1 heterocycles. The Hall–Kier alpha value is -0.830. The molecule has 0 radical (unpaired) electrons. The van der Waals surface area contributed by atoms with Crippen molar-refractivity contribution >= 4 is 17.4 Å². The summed E-state index contributed by atoms with van der Waals surface area (Å²) in [6.45, 7) is 4.42. The van der Waals surface area contributed by atoms with Gasteiger partial charge < -0.3 is 10.1 Å². The van der Waals surface area contributed by atoms with Crippen LogP contribution in [0.15, 0.2) is 18.2 Å². The van der Waals surface area contributed by atoms with Crippen molar-refractivity contribution in [2.24, 2.45) is 0 Å². The third-order valence-electron chi connectivity index (χ3n) is 3.30. The molecule has 2 nitrogen and oxygen atoms in total. The van der Waals surface area contributed by atoms with Gasteiger partial charge in [-0.2, -0.15) is 11.8 Å². The predicted octanol–water partition coefficient (Wildman–Crippen LogP) is 3.70. The molecule has 0 saturated carbocycles. The molecule has 2 atom stereocenters. The first-order valence-corrected chi connectivity index (χ1v) is 7.28. The minimum absolute atomic E-state index is 0.560. The van der Waals surface area contributed by atoms with Crippen LogP contribution in [0.1, 0.15) is 25.3 Å². The Morgan fingerprint density at radius 2 is 2.24 bits per heavy atom. The maximum atomic E-state index is 5.41. The lowest BCUT2D eigenvalue weighted by molar-refractivity contribution is 0.415. The Morgan fingerprint density at radius 1 is 1.41 bits per heavy atom. The number of anilines is 1. The molecule has 1 aromatic rings. The Morgan fingerprint density at radius 3 is 2.94 bits per heavy atom. The Balaban J connectivity index is 2.13. The molecule has 3 heteroatoms. The summed E-state index contributed by atoms with van der Waals surface area (Å²) in [4.78, 5) is 0. The summed E-state index contributed by atoms with van der Waals surface area (Å²) in [5, 5.41) is 4.32. The number of hydrogen-bond donors (Lipinski definition) is 1. The number of thioether (sulfide) groups is 1. The van der Waals surface area contributed by atoms with Crippen molar-refractivity contribution in [1.29, 1.82) is 0 Å². The predicted molar refractivity (Wildman–Crippen MR) is 76.3 cm³/mol. The third kappa shape index (κ3) is 3.09. The zero-order chi connectivity index (χ0) is 12.3. The van der Waals surface area contributed by atoms with Gasteiger partial charge in [0, 0.05) is 11.3 Å². The Kier molecular flexibility index (Phi) is 4.21. The van der Waals surface area contributed by atoms with E-state index < -0.39 is 0 Å². The second-order valence-corrected chi connectivity index (χ2v) is 6.16. The van der Waals surface area contributed by atoms with Crippen molar-refractivity contribution in [3.8, 4) is 5.75 Å². The fourth-order valence-electron chi connectivity index (χ4n) is 2.25. The van der Waals surface area contributed by atoms with E-state index in [4.69, 9.17) is 4.74 Å². The van der Waals surface area contributed by atoms with Gasteiger partial charge in [-0.1, -0.05) is 13.0 Å². The van der Waals surface area contributed by atoms with Crippen molar-refractivity contribution in [3.05, 3.63) is 23.8 Å². The fraction of sp³-hybridized carbons (Fsp3) is 0.571. The summed E-state index contributed by atoms with van der Waals surface area (Å²) in [6.07, 6.45) is 2.56. The molecule has 1 aliphatic rings. The van der Waals surface area contributed by atoms with Crippen LogP contribution in [0.3, 0.4) is 0 Å². The van der Waals surface area contributed by atoms with Gasteiger partial charge in [-0.3, -0.25) is 0 Å². The molecule has 0 amide bonds. The number of nitrogens with one attached hydrogen (secondary N) is 1. The highest BCUT2D eigenvalue weighted by Gasteiger charge is 2.22. The molecule has 17 heavy (non-hydrogen) atoms. The van der Waals surface area contributed by atoms with Gasteiger partial charge in [0.05, 0.1) is 12.8 Å². The summed E-state index contributed by atoms with van der Waals surface area (Å²) in [7, 11) is 1.73. The number of methoxy groups -OCH3 is 1. The average molecular weight is 251 g/mol. The highest BCUT2D eigenvalue weighted by molar-refractivity contribution is 8.00. The molecule has 1 fully saturated rings. The van der Waals surface area contributed by atoms with Crippen molar-refractivity contribution in [3.63, 3.8) is 0 Å². The normalized spacial score (nSPS) is 24.4. The van der Waals surface area contributed by atoms with Crippen LogP contribution in [0.4, 0.5) is 5.69 Å². The average Bonchev–Trinajstić information content (AvgIpc) is 2.32. The van der Waals surface area contributed by atoms with E-state index in [0.29, 0.717) is 11.3 Å². The van der Waals surface area contributed by atoms with E-state index in [9.17, 15) is 0 Å². The summed E-state index contributed by atoms with van der Waals surface area (Å²) in [6, 6.07) is 6.86. The number of benzene rings is 1. The van der Waals surface area contributed by atoms with Crippen molar-refractivity contribution in [2.45, 2.75) is 38.0 Å². The van der Waals surface area contributed by atoms with Crippen LogP contribution < -0.4 is 10.1 Å². The highest BCUT2D eigenvalue weighted by atomic mass is 32.2. The molecule has 1 N–H and O–H groups in total. The lowest BCUT2D eigenvalue weighted by Crippen LogP contribution is -2.32. The summed E-state index contributed by atoms with van der Waals surface area (Å²) in [5.74, 6) is 2.24. The van der Waals surface area contributed by atoms with Crippen LogP contribution >= 0.6 is 11.8 Å². The van der Waals surface area contributed by atoms with Gasteiger partial charge in [-0.25, -0.2) is 0 Å². The molecule has 2 unspecified atom stereocenters. The number of rotatable bonds is 3. The monoisotopic (exact) mass is 251 g/mol. The summed E-state index contributed by atoms with van der Waals surface area (Å²) < 4.78 is 5.41. The Labute approximate surface area is 108 Å². The van der Waals surface area contributed by atoms with Gasteiger partial charge in [0.25, 0.3) is 0 Å². The zero-order valence-corrected chi connectivity index (χ0v) is 11.6. The van der Waals surface area contributed by atoms with Gasteiger partial charge in [0.2, 0.25) is 0 Å². The standard InChI is InChI=1S/C14H21NOS/c1-10-6-7-14(16-3)13(9-10)15-12-5-4-8-17-11(12)2/h6-7,9,11-12,15H,4-5,8H2,1-3H3. The van der Waals surface area contributed by atoms with Gasteiger partial charge in [0.1, 0.15) is 5.75 Å². The summed E-state index contributed by atoms with van der Waals surface area (Å²) >= 11 is 2.06. The van der Waals surface area contributed by atoms with Crippen LogP contribution in [-0.4, -0.2) is 24.2 Å². The van der Waals surface area contributed by atoms with E-state index in [2.05, 4.69) is 43.1 Å². The van der Waals surface area contributed by atoms with Crippen LogP contribution in [-0.2, 0) is 0 Å². The molecule has 1 aliphatic heterocycles. The van der Waals surface area contributed by atoms with Gasteiger partial charge in [0.15, 0.2) is 0 Å². The first-order valence-electron chi connectivity index (χ1n) is 6.23. The molecule has 0 bridgehead atoms. The van der Waals surface area contributed by atoms with Crippen molar-refractivity contribution in [1.82, 2.24) is 0 Å². The topological polar surface area (TPSA) is 21.3 Å². The minimum Gasteiger partial charge on any atom is -0.495 e. The maximum Gasteiger partial charge on any atom is 0.141 e. The largest absolute Gasteiger partial charge is 0.495 e. The van der Waals surface area contributed by atoms with Crippen LogP contribution in [0.5, 0.6) is 5.75 Å². The smallest absolute Gasteiger partial charge is 0.141 e. The Bertz CT molecular complexity index is 380. The van der Waals surface area contributed by atoms with Gasteiger partial charge in [-0.15, -0.1) is 0 Å². The first-order chi connectivity index (χ1) is 8.20. The molecule has 0 spiro atoms. The zero-order valence-electron chi connectivity index (χ0n) is 10.8. The fourth-order valence-corrected chi connectivity index (χ4v) is 3.39. The number of aryl methyl sites for hydroxylation is 1. The minimum atomic E-state index is 0.560. The van der Waals surface area contributed by atoms with E-state index >= 15 is 0 Å². The second kappa shape index (κ2) is 5.67. The van der Waals surface area contributed by atoms with Crippen LogP contribution in [0.2, 0.25) is 0 Å². The van der Waals surface area contributed by atoms with E-state index in [0.717, 1.165) is 11.4 Å². The van der Waals surface area contributed by atoms with E-state index in [1.807, 2.05) is 6.07 Å². The molecule has 0 aromatic heterocycles. The molecular weight excluding hydrogens is 230 g/mol. The van der Waals surface area contributed by atoms with Gasteiger partial charge >= 0.3 is 0 Å². The van der Waals surface area contributed by atoms with E-state index in [-0.39, 0.29) is 0 Å². The van der Waals surface area contributed by atoms with Crippen molar-refractivity contribution in [2.75, 3.05) is 18.2 Å². The molecule has 94 valence electrons. The molecular formula is C14H21NOS. The maximum absolute atomic E-state index is 5.41. The van der Waals surface area contributed by atoms with Crippen LogP contribution in [0, 0.1) is 6.92 Å². The molecule has 0 aliphatic carbocycles. The van der Waals surface area contributed by atoms with E-state index in [1.165, 1.54) is 24.2 Å². The van der Waals surface area contributed by atoms with Crippen LogP contribution in [0.25, 0.3) is 0 Å². The lowest BCUT2D eigenvalue weighted by Gasteiger charge is -2.30.